The molecule has 2 aromatic heterocycles. The average molecular weight is 506 g/mol. The number of aryl methyl sites for hydroxylation is 1. The second-order valence-electron chi connectivity index (χ2n) is 8.47. The van der Waals surface area contributed by atoms with E-state index < -0.39 is 21.3 Å². The first-order valence-corrected chi connectivity index (χ1v) is 14.0. The summed E-state index contributed by atoms with van der Waals surface area (Å²) in [5.74, 6) is -0.145. The Bertz CT molecular complexity index is 1230. The maximum absolute atomic E-state index is 13.4. The van der Waals surface area contributed by atoms with Crippen LogP contribution in [0.5, 0.6) is 0 Å². The Labute approximate surface area is 202 Å². The van der Waals surface area contributed by atoms with Crippen LogP contribution in [0, 0.1) is 6.92 Å². The molecule has 1 fully saturated rings. The van der Waals surface area contributed by atoms with Gasteiger partial charge in [-0.3, -0.25) is 4.79 Å². The first kappa shape index (κ1) is 24.2. The molecule has 4 rings (SSSR count). The molecule has 176 valence electrons. The van der Waals surface area contributed by atoms with Crippen LogP contribution < -0.4 is 0 Å². The number of hydrogen-bond donors (Lipinski definition) is 1. The van der Waals surface area contributed by atoms with Gasteiger partial charge in [0.2, 0.25) is 10.0 Å². The minimum atomic E-state index is -3.58. The fourth-order valence-corrected chi connectivity index (χ4v) is 7.38. The molecule has 33 heavy (non-hydrogen) atoms. The molecule has 7 nitrogen and oxygen atoms in total. The molecule has 3 aromatic rings. The van der Waals surface area contributed by atoms with E-state index in [1.807, 2.05) is 42.6 Å². The number of benzene rings is 1. The minimum Gasteiger partial charge on any atom is -0.389 e. The predicted octanol–water partition coefficient (Wildman–Crippen LogP) is 3.78. The standard InChI is InChI=1S/C23H27N3O4S3/c1-14(2)33(29,30)26-11-17(16-7-5-4-6-8-16)9-19(26)20(28)10-21-25-18(13-31-21)23-15(3)24-22(12-27)32-23/h4-8,13-14,17,19,27H,9-12H2,1-3H3/t17-,19+/m1/s1. The van der Waals surface area contributed by atoms with Crippen molar-refractivity contribution in [3.8, 4) is 10.6 Å². The number of thiazole rings is 2. The van der Waals surface area contributed by atoms with Gasteiger partial charge < -0.3 is 5.11 Å². The third-order valence-electron chi connectivity index (χ3n) is 5.91. The summed E-state index contributed by atoms with van der Waals surface area (Å²) < 4.78 is 27.5. The van der Waals surface area contributed by atoms with Crippen LogP contribution in [0.15, 0.2) is 35.7 Å². The van der Waals surface area contributed by atoms with E-state index in [1.54, 1.807) is 13.8 Å². The summed E-state index contributed by atoms with van der Waals surface area (Å²) in [7, 11) is -3.58. The fraction of sp³-hybridized carbons (Fsp3) is 0.435. The molecule has 2 atom stereocenters. The van der Waals surface area contributed by atoms with E-state index in [-0.39, 0.29) is 24.7 Å². The van der Waals surface area contributed by atoms with Gasteiger partial charge in [0, 0.05) is 11.9 Å². The molecule has 0 unspecified atom stereocenters. The molecule has 1 saturated heterocycles. The highest BCUT2D eigenvalue weighted by Gasteiger charge is 2.44. The zero-order valence-electron chi connectivity index (χ0n) is 18.8. The van der Waals surface area contributed by atoms with Gasteiger partial charge in [0.15, 0.2) is 5.78 Å². The maximum atomic E-state index is 13.4. The third kappa shape index (κ3) is 4.95. The molecule has 0 saturated carbocycles. The van der Waals surface area contributed by atoms with Crippen molar-refractivity contribution >= 4 is 38.5 Å². The summed E-state index contributed by atoms with van der Waals surface area (Å²) in [5, 5.41) is 11.9. The Morgan fingerprint density at radius 3 is 2.58 bits per heavy atom. The normalized spacial score (nSPS) is 19.4. The van der Waals surface area contributed by atoms with Crippen LogP contribution in [0.1, 0.15) is 47.5 Å². The van der Waals surface area contributed by atoms with Crippen molar-refractivity contribution in [2.24, 2.45) is 0 Å². The van der Waals surface area contributed by atoms with E-state index in [2.05, 4.69) is 9.97 Å². The largest absolute Gasteiger partial charge is 0.389 e. The summed E-state index contributed by atoms with van der Waals surface area (Å²) in [4.78, 5) is 23.2. The molecule has 3 heterocycles. The highest BCUT2D eigenvalue weighted by molar-refractivity contribution is 7.89. The topological polar surface area (TPSA) is 100 Å². The van der Waals surface area contributed by atoms with Crippen LogP contribution in [0.4, 0.5) is 0 Å². The molecule has 10 heteroatoms. The number of hydrogen-bond acceptors (Lipinski definition) is 8. The van der Waals surface area contributed by atoms with Crippen molar-refractivity contribution in [1.82, 2.24) is 14.3 Å². The summed E-state index contributed by atoms with van der Waals surface area (Å²) >= 11 is 2.77. The summed E-state index contributed by atoms with van der Waals surface area (Å²) in [6.07, 6.45) is 0.562. The number of sulfonamides is 1. The molecular weight excluding hydrogens is 478 g/mol. The predicted molar refractivity (Wildman–Crippen MR) is 131 cm³/mol. The van der Waals surface area contributed by atoms with Crippen LogP contribution in [-0.2, 0) is 27.8 Å². The van der Waals surface area contributed by atoms with Crippen molar-refractivity contribution in [2.45, 2.75) is 57.4 Å². The molecule has 1 N–H and O–H groups in total. The molecule has 0 bridgehead atoms. The third-order valence-corrected chi connectivity index (χ3v) is 10.2. The van der Waals surface area contributed by atoms with Gasteiger partial charge in [-0.15, -0.1) is 22.7 Å². The Hall–Kier alpha value is -1.98. The van der Waals surface area contributed by atoms with Crippen LogP contribution in [0.2, 0.25) is 0 Å². The second kappa shape index (κ2) is 9.71. The first-order valence-electron chi connectivity index (χ1n) is 10.8. The zero-order chi connectivity index (χ0) is 23.8. The number of nitrogens with zero attached hydrogens (tertiary/aromatic N) is 3. The van der Waals surface area contributed by atoms with Crippen molar-refractivity contribution in [1.29, 1.82) is 0 Å². The van der Waals surface area contributed by atoms with Gasteiger partial charge in [-0.05, 0) is 38.7 Å². The first-order chi connectivity index (χ1) is 15.7. The Kier molecular flexibility index (Phi) is 7.11. The van der Waals surface area contributed by atoms with E-state index in [1.165, 1.54) is 27.0 Å². The average Bonchev–Trinajstić information content (AvgIpc) is 3.52. The smallest absolute Gasteiger partial charge is 0.217 e. The SMILES string of the molecule is Cc1nc(CO)sc1-c1csc(CC(=O)[C@@H]2C[C@@H](c3ccccc3)CN2S(=O)(=O)C(C)C)n1. The van der Waals surface area contributed by atoms with Gasteiger partial charge in [0.1, 0.15) is 10.0 Å². The number of ketones is 1. The van der Waals surface area contributed by atoms with Crippen LogP contribution in [-0.4, -0.2) is 51.4 Å². The van der Waals surface area contributed by atoms with Gasteiger partial charge in [0.05, 0.1) is 40.6 Å². The summed E-state index contributed by atoms with van der Waals surface area (Å²) in [6, 6.07) is 9.09. The molecule has 0 radical (unpaired) electrons. The van der Waals surface area contributed by atoms with E-state index in [0.29, 0.717) is 23.0 Å². The van der Waals surface area contributed by atoms with E-state index in [4.69, 9.17) is 0 Å². The Morgan fingerprint density at radius 1 is 1.21 bits per heavy atom. The van der Waals surface area contributed by atoms with Gasteiger partial charge >= 0.3 is 0 Å². The monoisotopic (exact) mass is 505 g/mol. The second-order valence-corrected chi connectivity index (χ2v) is 12.9. The van der Waals surface area contributed by atoms with Crippen LogP contribution in [0.25, 0.3) is 10.6 Å². The number of aliphatic hydroxyl groups excluding tert-OH is 1. The molecule has 0 aliphatic carbocycles. The molecule has 1 aliphatic rings. The van der Waals surface area contributed by atoms with Crippen molar-refractivity contribution < 1.29 is 18.3 Å². The lowest BCUT2D eigenvalue weighted by atomic mass is 9.95. The number of carbonyl (C=O) groups is 1. The zero-order valence-corrected chi connectivity index (χ0v) is 21.2. The van der Waals surface area contributed by atoms with Gasteiger partial charge in [-0.25, -0.2) is 18.4 Å². The van der Waals surface area contributed by atoms with E-state index in [0.717, 1.165) is 21.8 Å². The van der Waals surface area contributed by atoms with E-state index >= 15 is 0 Å². The van der Waals surface area contributed by atoms with Gasteiger partial charge in [-0.2, -0.15) is 4.31 Å². The number of aliphatic hydroxyl groups is 1. The fourth-order valence-electron chi connectivity index (χ4n) is 4.14. The number of carbonyl (C=O) groups excluding carboxylic acids is 1. The molecule has 1 aliphatic heterocycles. The van der Waals surface area contributed by atoms with E-state index in [9.17, 15) is 18.3 Å². The lowest BCUT2D eigenvalue weighted by Gasteiger charge is -2.24. The maximum Gasteiger partial charge on any atom is 0.217 e. The molecule has 0 spiro atoms. The number of Topliss-reactive ketones (excluding diaryl/α,β-unsaturated/α-hetero) is 1. The summed E-state index contributed by atoms with van der Waals surface area (Å²) in [5.41, 5.74) is 2.58. The quantitative estimate of drug-likeness (QED) is 0.500. The lowest BCUT2D eigenvalue weighted by Crippen LogP contribution is -2.44. The van der Waals surface area contributed by atoms with Crippen molar-refractivity contribution in [3.05, 3.63) is 57.0 Å². The molecule has 0 amide bonds. The van der Waals surface area contributed by atoms with Crippen LogP contribution >= 0.6 is 22.7 Å². The number of aromatic nitrogens is 2. The van der Waals surface area contributed by atoms with Gasteiger partial charge in [-0.1, -0.05) is 30.3 Å². The summed E-state index contributed by atoms with van der Waals surface area (Å²) in [6.45, 7) is 5.36. The van der Waals surface area contributed by atoms with Crippen molar-refractivity contribution in [2.75, 3.05) is 6.54 Å². The highest BCUT2D eigenvalue weighted by Crippen LogP contribution is 2.36. The molecule has 1 aromatic carbocycles. The lowest BCUT2D eigenvalue weighted by molar-refractivity contribution is -0.121. The Morgan fingerprint density at radius 2 is 1.94 bits per heavy atom. The van der Waals surface area contributed by atoms with Crippen LogP contribution in [0.3, 0.4) is 0 Å². The number of rotatable bonds is 8. The minimum absolute atomic E-state index is 0.0164. The Balaban J connectivity index is 1.56. The molecular formula is C23H27N3O4S3. The van der Waals surface area contributed by atoms with Crippen molar-refractivity contribution in [3.63, 3.8) is 0 Å². The van der Waals surface area contributed by atoms with Gasteiger partial charge in [0.25, 0.3) is 0 Å². The highest BCUT2D eigenvalue weighted by atomic mass is 32.2.